The summed E-state index contributed by atoms with van der Waals surface area (Å²) in [7, 11) is -3.54. The fraction of sp³-hybridized carbons (Fsp3) is 0.348. The van der Waals surface area contributed by atoms with E-state index in [1.807, 2.05) is 49.4 Å². The van der Waals surface area contributed by atoms with Gasteiger partial charge in [0.05, 0.1) is 12.5 Å². The third-order valence-corrected chi connectivity index (χ3v) is 8.79. The van der Waals surface area contributed by atoms with Crippen LogP contribution in [0.2, 0.25) is 0 Å². The van der Waals surface area contributed by atoms with Crippen molar-refractivity contribution in [1.82, 2.24) is 9.62 Å². The number of aryl methyl sites for hydroxylation is 1. The van der Waals surface area contributed by atoms with Crippen molar-refractivity contribution in [2.24, 2.45) is 5.92 Å². The van der Waals surface area contributed by atoms with Gasteiger partial charge < -0.3 is 10.1 Å². The monoisotopic (exact) mass is 458 g/mol. The summed E-state index contributed by atoms with van der Waals surface area (Å²) in [6, 6.07) is 17.4. The molecule has 2 heterocycles. The first-order valence-corrected chi connectivity index (χ1v) is 12.6. The number of amides is 1. The maximum Gasteiger partial charge on any atom is 0.252 e. The zero-order valence-corrected chi connectivity index (χ0v) is 19.0. The number of benzene rings is 2. The highest BCUT2D eigenvalue weighted by atomic mass is 32.2. The standard InChI is InChI=1S/C23H26N2O4S2/c1-17-8-11-22(30-17)31(27,28)25-13-4-7-20(16-25)23(26)24-12-14-29-21-10-9-18-5-2-3-6-19(18)15-21/h2-3,5-6,8-11,15,20H,4,7,12-14,16H2,1H3,(H,24,26). The number of fused-ring (bicyclic) bond motifs is 1. The molecule has 1 unspecified atom stereocenters. The number of nitrogens with one attached hydrogen (secondary N) is 1. The Morgan fingerprint density at radius 2 is 1.97 bits per heavy atom. The SMILES string of the molecule is Cc1ccc(S(=O)(=O)N2CCCC(C(=O)NCCOc3ccc4ccccc4c3)C2)s1. The van der Waals surface area contributed by atoms with Crippen LogP contribution in [0.1, 0.15) is 17.7 Å². The average molecular weight is 459 g/mol. The van der Waals surface area contributed by atoms with Crippen molar-refractivity contribution in [3.05, 3.63) is 59.5 Å². The molecule has 1 saturated heterocycles. The number of carbonyl (C=O) groups is 1. The molecule has 0 radical (unpaired) electrons. The summed E-state index contributed by atoms with van der Waals surface area (Å²) in [5.41, 5.74) is 0. The number of hydrogen-bond acceptors (Lipinski definition) is 5. The second-order valence-corrected chi connectivity index (χ2v) is 11.2. The second-order valence-electron chi connectivity index (χ2n) is 7.72. The van der Waals surface area contributed by atoms with Gasteiger partial charge in [0, 0.05) is 18.0 Å². The first kappa shape index (κ1) is 21.8. The van der Waals surface area contributed by atoms with Crippen molar-refractivity contribution >= 4 is 38.0 Å². The van der Waals surface area contributed by atoms with Gasteiger partial charge in [0.25, 0.3) is 10.0 Å². The van der Waals surface area contributed by atoms with Crippen LogP contribution in [0.15, 0.2) is 58.8 Å². The Bertz CT molecular complexity index is 1170. The van der Waals surface area contributed by atoms with Crippen molar-refractivity contribution in [3.8, 4) is 5.75 Å². The van der Waals surface area contributed by atoms with E-state index < -0.39 is 10.0 Å². The molecule has 0 spiro atoms. The molecule has 3 aromatic rings. The Labute approximate surface area is 186 Å². The Hall–Kier alpha value is -2.42. The lowest BCUT2D eigenvalue weighted by Crippen LogP contribution is -2.45. The molecule has 0 aliphatic carbocycles. The van der Waals surface area contributed by atoms with Crippen LogP contribution in [0.3, 0.4) is 0 Å². The molecule has 1 fully saturated rings. The molecule has 164 valence electrons. The summed E-state index contributed by atoms with van der Waals surface area (Å²) in [6.07, 6.45) is 1.36. The quantitative estimate of drug-likeness (QED) is 0.547. The number of sulfonamides is 1. The Morgan fingerprint density at radius 1 is 1.16 bits per heavy atom. The van der Waals surface area contributed by atoms with Crippen LogP contribution >= 0.6 is 11.3 Å². The summed E-state index contributed by atoms with van der Waals surface area (Å²) in [4.78, 5) is 13.6. The number of thiophene rings is 1. The van der Waals surface area contributed by atoms with Gasteiger partial charge >= 0.3 is 0 Å². The zero-order valence-electron chi connectivity index (χ0n) is 17.4. The van der Waals surface area contributed by atoms with Crippen molar-refractivity contribution < 1.29 is 17.9 Å². The van der Waals surface area contributed by atoms with E-state index in [4.69, 9.17) is 4.74 Å². The summed E-state index contributed by atoms with van der Waals surface area (Å²) in [6.45, 7) is 3.28. The predicted octanol–water partition coefficient (Wildman–Crippen LogP) is 3.81. The lowest BCUT2D eigenvalue weighted by Gasteiger charge is -2.30. The molecule has 1 atom stereocenters. The van der Waals surface area contributed by atoms with Crippen LogP contribution in [0.25, 0.3) is 10.8 Å². The number of piperidine rings is 1. The van der Waals surface area contributed by atoms with E-state index in [1.165, 1.54) is 15.6 Å². The summed E-state index contributed by atoms with van der Waals surface area (Å²) >= 11 is 1.27. The van der Waals surface area contributed by atoms with Gasteiger partial charge in [0.2, 0.25) is 5.91 Å². The number of carbonyl (C=O) groups excluding carboxylic acids is 1. The molecule has 6 nitrogen and oxygen atoms in total. The van der Waals surface area contributed by atoms with Gasteiger partial charge in [-0.3, -0.25) is 4.79 Å². The van der Waals surface area contributed by atoms with E-state index in [0.717, 1.165) is 21.4 Å². The van der Waals surface area contributed by atoms with Crippen molar-refractivity contribution in [3.63, 3.8) is 0 Å². The second kappa shape index (κ2) is 9.38. The highest BCUT2D eigenvalue weighted by Gasteiger charge is 2.33. The first-order chi connectivity index (χ1) is 14.9. The molecule has 4 rings (SSSR count). The number of hydrogen-bond donors (Lipinski definition) is 1. The fourth-order valence-electron chi connectivity index (χ4n) is 3.80. The van der Waals surface area contributed by atoms with Gasteiger partial charge in [0.15, 0.2) is 0 Å². The van der Waals surface area contributed by atoms with Crippen LogP contribution in [0.4, 0.5) is 0 Å². The van der Waals surface area contributed by atoms with E-state index in [-0.39, 0.29) is 18.4 Å². The highest BCUT2D eigenvalue weighted by molar-refractivity contribution is 7.91. The van der Waals surface area contributed by atoms with E-state index in [9.17, 15) is 13.2 Å². The molecule has 1 aliphatic heterocycles. The molecule has 1 amide bonds. The Kier molecular flexibility index (Phi) is 6.60. The molecule has 0 bridgehead atoms. The summed E-state index contributed by atoms with van der Waals surface area (Å²) in [5.74, 6) is 0.295. The van der Waals surface area contributed by atoms with Crippen LogP contribution < -0.4 is 10.1 Å². The smallest absolute Gasteiger partial charge is 0.252 e. The van der Waals surface area contributed by atoms with Gasteiger partial charge in [-0.2, -0.15) is 4.31 Å². The molecule has 1 aromatic heterocycles. The maximum absolute atomic E-state index is 12.9. The topological polar surface area (TPSA) is 75.7 Å². The van der Waals surface area contributed by atoms with Crippen molar-refractivity contribution in [1.29, 1.82) is 0 Å². The van der Waals surface area contributed by atoms with E-state index in [0.29, 0.717) is 36.7 Å². The lowest BCUT2D eigenvalue weighted by atomic mass is 9.99. The fourth-order valence-corrected chi connectivity index (χ4v) is 6.76. The number of ether oxygens (including phenoxy) is 1. The van der Waals surface area contributed by atoms with Crippen LogP contribution in [0, 0.1) is 12.8 Å². The van der Waals surface area contributed by atoms with Crippen LogP contribution in [0.5, 0.6) is 5.75 Å². The third kappa shape index (κ3) is 5.08. The summed E-state index contributed by atoms with van der Waals surface area (Å²) < 4.78 is 33.3. The summed E-state index contributed by atoms with van der Waals surface area (Å²) in [5, 5.41) is 5.15. The Balaban J connectivity index is 1.28. The molecule has 31 heavy (non-hydrogen) atoms. The zero-order chi connectivity index (χ0) is 21.8. The van der Waals surface area contributed by atoms with Gasteiger partial charge in [-0.25, -0.2) is 8.42 Å². The van der Waals surface area contributed by atoms with Gasteiger partial charge in [-0.05, 0) is 54.8 Å². The molecule has 0 saturated carbocycles. The normalized spacial score (nSPS) is 17.5. The van der Waals surface area contributed by atoms with Crippen molar-refractivity contribution in [2.45, 2.75) is 24.0 Å². The van der Waals surface area contributed by atoms with E-state index in [1.54, 1.807) is 12.1 Å². The lowest BCUT2D eigenvalue weighted by molar-refractivity contribution is -0.126. The minimum Gasteiger partial charge on any atom is -0.492 e. The van der Waals surface area contributed by atoms with Crippen LogP contribution in [-0.2, 0) is 14.8 Å². The van der Waals surface area contributed by atoms with E-state index in [2.05, 4.69) is 5.32 Å². The van der Waals surface area contributed by atoms with Gasteiger partial charge in [-0.15, -0.1) is 11.3 Å². The highest BCUT2D eigenvalue weighted by Crippen LogP contribution is 2.28. The average Bonchev–Trinajstić information content (AvgIpc) is 3.24. The first-order valence-electron chi connectivity index (χ1n) is 10.4. The van der Waals surface area contributed by atoms with Crippen molar-refractivity contribution in [2.75, 3.05) is 26.2 Å². The van der Waals surface area contributed by atoms with E-state index >= 15 is 0 Å². The molecule has 8 heteroatoms. The molecular weight excluding hydrogens is 432 g/mol. The number of rotatable bonds is 7. The molecule has 1 aliphatic rings. The minimum absolute atomic E-state index is 0.121. The minimum atomic E-state index is -3.54. The van der Waals surface area contributed by atoms with Gasteiger partial charge in [-0.1, -0.05) is 30.3 Å². The molecule has 2 aromatic carbocycles. The molecular formula is C23H26N2O4S2. The maximum atomic E-state index is 12.9. The number of nitrogens with zero attached hydrogens (tertiary/aromatic N) is 1. The third-order valence-electron chi connectivity index (χ3n) is 5.46. The van der Waals surface area contributed by atoms with Gasteiger partial charge in [0.1, 0.15) is 16.6 Å². The predicted molar refractivity (Wildman–Crippen MR) is 123 cm³/mol. The molecule has 1 N–H and O–H groups in total. The largest absolute Gasteiger partial charge is 0.492 e. The van der Waals surface area contributed by atoms with Crippen LogP contribution in [-0.4, -0.2) is 44.9 Å². The Morgan fingerprint density at radius 3 is 2.74 bits per heavy atom.